The zero-order valence-electron chi connectivity index (χ0n) is 9.45. The summed E-state index contributed by atoms with van der Waals surface area (Å²) in [4.78, 5) is 0. The van der Waals surface area contributed by atoms with Gasteiger partial charge in [0, 0.05) is 6.42 Å². The topological polar surface area (TPSA) is 57.2 Å². The highest BCUT2D eigenvalue weighted by atomic mass is 16.4. The molecule has 0 saturated carbocycles. The summed E-state index contributed by atoms with van der Waals surface area (Å²) in [6.45, 7) is 5.61. The average molecular weight is 207 g/mol. The van der Waals surface area contributed by atoms with Crippen molar-refractivity contribution in [2.45, 2.75) is 39.7 Å². The second kappa shape index (κ2) is 4.50. The Morgan fingerprint density at radius 1 is 1.53 bits per heavy atom. The molecule has 0 aliphatic rings. The molecule has 1 N–H and O–H groups in total. The lowest BCUT2D eigenvalue weighted by Crippen LogP contribution is -2.22. The van der Waals surface area contributed by atoms with Crippen LogP contribution in [-0.2, 0) is 6.42 Å². The fourth-order valence-corrected chi connectivity index (χ4v) is 1.38. The summed E-state index contributed by atoms with van der Waals surface area (Å²) >= 11 is 0. The molecule has 0 aliphatic carbocycles. The second-order valence-corrected chi connectivity index (χ2v) is 3.94. The van der Waals surface area contributed by atoms with Crippen LogP contribution in [0.25, 0.3) is 0 Å². The van der Waals surface area contributed by atoms with Gasteiger partial charge in [0.05, 0.1) is 11.5 Å². The first kappa shape index (κ1) is 11.8. The van der Waals surface area contributed by atoms with E-state index in [1.807, 2.05) is 19.9 Å². The third-order valence-electron chi connectivity index (χ3n) is 2.89. The first-order valence-electron chi connectivity index (χ1n) is 5.25. The summed E-state index contributed by atoms with van der Waals surface area (Å²) in [7, 11) is 0. The molecule has 3 heteroatoms. The number of nitriles is 1. The Hall–Kier alpha value is -1.27. The minimum Gasteiger partial charge on any atom is -0.463 e. The Balaban J connectivity index is 2.93. The lowest BCUT2D eigenvalue weighted by atomic mass is 9.82. The van der Waals surface area contributed by atoms with Gasteiger partial charge in [-0.3, -0.25) is 0 Å². The molecule has 82 valence electrons. The van der Waals surface area contributed by atoms with Crippen LogP contribution in [0.1, 0.15) is 44.8 Å². The summed E-state index contributed by atoms with van der Waals surface area (Å²) in [6, 6.07) is 5.73. The van der Waals surface area contributed by atoms with Crippen LogP contribution < -0.4 is 0 Å². The number of rotatable bonds is 4. The van der Waals surface area contributed by atoms with E-state index in [0.717, 1.165) is 12.2 Å². The predicted molar refractivity (Wildman–Crippen MR) is 57.1 cm³/mol. The SMILES string of the molecule is CCc1ccc(C(O)C(C)(C#N)CC)o1. The van der Waals surface area contributed by atoms with Gasteiger partial charge in [0.15, 0.2) is 0 Å². The highest BCUT2D eigenvalue weighted by Gasteiger charge is 2.34. The quantitative estimate of drug-likeness (QED) is 0.825. The molecule has 2 unspecified atom stereocenters. The van der Waals surface area contributed by atoms with Crippen molar-refractivity contribution < 1.29 is 9.52 Å². The van der Waals surface area contributed by atoms with E-state index in [9.17, 15) is 5.11 Å². The normalized spacial score (nSPS) is 16.7. The van der Waals surface area contributed by atoms with Crippen LogP contribution in [0.3, 0.4) is 0 Å². The van der Waals surface area contributed by atoms with Gasteiger partial charge in [0.1, 0.15) is 17.6 Å². The molecule has 0 bridgehead atoms. The smallest absolute Gasteiger partial charge is 0.134 e. The van der Waals surface area contributed by atoms with Crippen molar-refractivity contribution in [2.24, 2.45) is 5.41 Å². The van der Waals surface area contributed by atoms with Gasteiger partial charge >= 0.3 is 0 Å². The standard InChI is InChI=1S/C12H17NO2/c1-4-9-6-7-10(15-9)11(14)12(3,5-2)8-13/h6-7,11,14H,4-5H2,1-3H3. The van der Waals surface area contributed by atoms with Gasteiger partial charge in [-0.1, -0.05) is 13.8 Å². The van der Waals surface area contributed by atoms with Crippen LogP contribution in [0.15, 0.2) is 16.5 Å². The first-order valence-corrected chi connectivity index (χ1v) is 5.25. The molecule has 3 nitrogen and oxygen atoms in total. The number of nitrogens with zero attached hydrogens (tertiary/aromatic N) is 1. The molecular weight excluding hydrogens is 190 g/mol. The summed E-state index contributed by atoms with van der Waals surface area (Å²) in [5, 5.41) is 19.1. The average Bonchev–Trinajstić information content (AvgIpc) is 2.75. The summed E-state index contributed by atoms with van der Waals surface area (Å²) in [6.07, 6.45) is 0.530. The van der Waals surface area contributed by atoms with Crippen molar-refractivity contribution in [3.8, 4) is 6.07 Å². The Morgan fingerprint density at radius 3 is 2.60 bits per heavy atom. The molecule has 0 spiro atoms. The molecule has 0 radical (unpaired) electrons. The fraction of sp³-hybridized carbons (Fsp3) is 0.583. The van der Waals surface area contributed by atoms with Crippen LogP contribution >= 0.6 is 0 Å². The number of furan rings is 1. The van der Waals surface area contributed by atoms with E-state index in [1.54, 1.807) is 13.0 Å². The van der Waals surface area contributed by atoms with E-state index >= 15 is 0 Å². The zero-order valence-corrected chi connectivity index (χ0v) is 9.45. The number of hydrogen-bond acceptors (Lipinski definition) is 3. The number of aliphatic hydroxyl groups is 1. The Labute approximate surface area is 90.3 Å². The highest BCUT2D eigenvalue weighted by molar-refractivity contribution is 5.15. The van der Waals surface area contributed by atoms with Crippen LogP contribution in [0, 0.1) is 16.7 Å². The van der Waals surface area contributed by atoms with Gasteiger partial charge in [0.2, 0.25) is 0 Å². The third-order valence-corrected chi connectivity index (χ3v) is 2.89. The molecule has 0 aliphatic heterocycles. The van der Waals surface area contributed by atoms with E-state index in [-0.39, 0.29) is 0 Å². The lowest BCUT2D eigenvalue weighted by Gasteiger charge is -2.24. The Bertz CT molecular complexity index is 364. The molecule has 0 fully saturated rings. The third kappa shape index (κ3) is 2.21. The molecule has 1 aromatic rings. The van der Waals surface area contributed by atoms with Gasteiger partial charge in [-0.25, -0.2) is 0 Å². The minimum absolute atomic E-state index is 0.484. The van der Waals surface area contributed by atoms with E-state index in [0.29, 0.717) is 12.2 Å². The van der Waals surface area contributed by atoms with Gasteiger partial charge in [0.25, 0.3) is 0 Å². The van der Waals surface area contributed by atoms with Crippen LogP contribution in [0.5, 0.6) is 0 Å². The van der Waals surface area contributed by atoms with Crippen LogP contribution in [-0.4, -0.2) is 5.11 Å². The molecule has 2 atom stereocenters. The van der Waals surface area contributed by atoms with Crippen molar-refractivity contribution in [3.05, 3.63) is 23.7 Å². The zero-order chi connectivity index (χ0) is 11.5. The van der Waals surface area contributed by atoms with Gasteiger partial charge in [-0.15, -0.1) is 0 Å². The van der Waals surface area contributed by atoms with Crippen LogP contribution in [0.4, 0.5) is 0 Å². The molecule has 1 heterocycles. The van der Waals surface area contributed by atoms with E-state index < -0.39 is 11.5 Å². The maximum absolute atomic E-state index is 10.0. The molecule has 15 heavy (non-hydrogen) atoms. The highest BCUT2D eigenvalue weighted by Crippen LogP contribution is 2.36. The molecule has 1 rings (SSSR count). The predicted octanol–water partition coefficient (Wildman–Crippen LogP) is 2.82. The van der Waals surface area contributed by atoms with Crippen LogP contribution in [0.2, 0.25) is 0 Å². The lowest BCUT2D eigenvalue weighted by molar-refractivity contribution is 0.0515. The molecule has 0 aromatic carbocycles. The van der Waals surface area contributed by atoms with Crippen molar-refractivity contribution in [2.75, 3.05) is 0 Å². The Morgan fingerprint density at radius 2 is 2.20 bits per heavy atom. The van der Waals surface area contributed by atoms with E-state index in [2.05, 4.69) is 6.07 Å². The molecule has 1 aromatic heterocycles. The first-order chi connectivity index (χ1) is 7.07. The van der Waals surface area contributed by atoms with Gasteiger partial charge in [-0.2, -0.15) is 5.26 Å². The van der Waals surface area contributed by atoms with Crippen molar-refractivity contribution in [1.82, 2.24) is 0 Å². The van der Waals surface area contributed by atoms with Gasteiger partial charge < -0.3 is 9.52 Å². The maximum atomic E-state index is 10.0. The number of aryl methyl sites for hydroxylation is 1. The monoisotopic (exact) mass is 207 g/mol. The maximum Gasteiger partial charge on any atom is 0.134 e. The molecular formula is C12H17NO2. The number of hydrogen-bond donors (Lipinski definition) is 1. The summed E-state index contributed by atoms with van der Waals surface area (Å²) in [5.74, 6) is 1.32. The Kier molecular flexibility index (Phi) is 3.54. The number of aliphatic hydroxyl groups excluding tert-OH is 1. The molecule has 0 saturated heterocycles. The van der Waals surface area contributed by atoms with Crippen molar-refractivity contribution >= 4 is 0 Å². The summed E-state index contributed by atoms with van der Waals surface area (Å²) < 4.78 is 5.44. The van der Waals surface area contributed by atoms with Crippen molar-refractivity contribution in [1.29, 1.82) is 5.26 Å². The second-order valence-electron chi connectivity index (χ2n) is 3.94. The minimum atomic E-state index is -0.854. The van der Waals surface area contributed by atoms with Gasteiger partial charge in [-0.05, 0) is 25.5 Å². The van der Waals surface area contributed by atoms with E-state index in [1.165, 1.54) is 0 Å². The van der Waals surface area contributed by atoms with E-state index in [4.69, 9.17) is 9.68 Å². The summed E-state index contributed by atoms with van der Waals surface area (Å²) in [5.41, 5.74) is -0.775. The molecule has 0 amide bonds. The fourth-order valence-electron chi connectivity index (χ4n) is 1.38. The largest absolute Gasteiger partial charge is 0.463 e. The van der Waals surface area contributed by atoms with Crippen molar-refractivity contribution in [3.63, 3.8) is 0 Å².